The summed E-state index contributed by atoms with van der Waals surface area (Å²) in [7, 11) is 0. The summed E-state index contributed by atoms with van der Waals surface area (Å²) < 4.78 is 1.79. The zero-order valence-electron chi connectivity index (χ0n) is 10.4. The Morgan fingerprint density at radius 1 is 1.10 bits per heavy atom. The van der Waals surface area contributed by atoms with Crippen molar-refractivity contribution in [3.8, 4) is 0 Å². The van der Waals surface area contributed by atoms with Gasteiger partial charge < -0.3 is 5.32 Å². The molecule has 1 aromatic carbocycles. The molecular formula is C14H11ClN4O. The molecule has 0 saturated carbocycles. The Labute approximate surface area is 120 Å². The number of fused-ring (bicyclic) bond motifs is 1. The number of nitrogens with zero attached hydrogens (tertiary/aromatic N) is 2. The molecule has 0 aliphatic heterocycles. The number of hydrogen-bond donors (Lipinski definition) is 2. The molecule has 0 unspecified atom stereocenters. The molecule has 0 atom stereocenters. The van der Waals surface area contributed by atoms with E-state index in [-0.39, 0.29) is 6.03 Å². The van der Waals surface area contributed by atoms with Gasteiger partial charge in [-0.3, -0.25) is 9.72 Å². The van der Waals surface area contributed by atoms with Crippen LogP contribution in [0.5, 0.6) is 0 Å². The topological polar surface area (TPSA) is 58.4 Å². The van der Waals surface area contributed by atoms with E-state index in [9.17, 15) is 4.79 Å². The van der Waals surface area contributed by atoms with Crippen molar-refractivity contribution in [2.45, 2.75) is 0 Å². The van der Waals surface area contributed by atoms with Gasteiger partial charge in [-0.05, 0) is 36.4 Å². The summed E-state index contributed by atoms with van der Waals surface area (Å²) in [5.74, 6) is 0.465. The van der Waals surface area contributed by atoms with Crippen LogP contribution in [0.4, 0.5) is 16.4 Å². The van der Waals surface area contributed by atoms with E-state index in [2.05, 4.69) is 15.6 Å². The molecule has 0 aliphatic carbocycles. The minimum Gasteiger partial charge on any atom is -0.308 e. The van der Waals surface area contributed by atoms with E-state index in [0.29, 0.717) is 16.7 Å². The number of carbonyl (C=O) groups is 1. The molecule has 2 heterocycles. The van der Waals surface area contributed by atoms with Gasteiger partial charge >= 0.3 is 6.03 Å². The van der Waals surface area contributed by atoms with Crippen molar-refractivity contribution in [1.29, 1.82) is 0 Å². The zero-order chi connectivity index (χ0) is 13.9. The highest BCUT2D eigenvalue weighted by Crippen LogP contribution is 2.14. The molecule has 6 heteroatoms. The lowest BCUT2D eigenvalue weighted by atomic mass is 10.3. The van der Waals surface area contributed by atoms with Gasteiger partial charge in [0, 0.05) is 16.9 Å². The van der Waals surface area contributed by atoms with Crippen LogP contribution in [0.15, 0.2) is 54.9 Å². The van der Waals surface area contributed by atoms with Gasteiger partial charge in [-0.25, -0.2) is 9.78 Å². The van der Waals surface area contributed by atoms with E-state index in [1.807, 2.05) is 24.4 Å². The predicted octanol–water partition coefficient (Wildman–Crippen LogP) is 3.63. The van der Waals surface area contributed by atoms with Crippen LogP contribution in [0.1, 0.15) is 0 Å². The molecule has 3 rings (SSSR count). The molecule has 3 aromatic rings. The first-order valence-electron chi connectivity index (χ1n) is 5.98. The number of urea groups is 1. The molecule has 2 N–H and O–H groups in total. The lowest BCUT2D eigenvalue weighted by Gasteiger charge is -2.06. The van der Waals surface area contributed by atoms with Crippen LogP contribution in [-0.2, 0) is 0 Å². The van der Waals surface area contributed by atoms with Crippen LogP contribution in [0.2, 0.25) is 5.02 Å². The monoisotopic (exact) mass is 286 g/mol. The second kappa shape index (κ2) is 5.22. The number of rotatable bonds is 2. The number of pyridine rings is 1. The van der Waals surface area contributed by atoms with E-state index >= 15 is 0 Å². The SMILES string of the molecule is O=C(Nc1ccc(Cl)cc1)Nc1ncc2ccccn12. The first-order valence-corrected chi connectivity index (χ1v) is 6.36. The number of amides is 2. The first-order chi connectivity index (χ1) is 9.72. The largest absolute Gasteiger partial charge is 0.326 e. The minimum atomic E-state index is -0.358. The van der Waals surface area contributed by atoms with E-state index in [4.69, 9.17) is 11.6 Å². The Kier molecular flexibility index (Phi) is 3.26. The molecule has 0 bridgehead atoms. The summed E-state index contributed by atoms with van der Waals surface area (Å²) in [6.07, 6.45) is 3.53. The van der Waals surface area contributed by atoms with E-state index in [0.717, 1.165) is 5.52 Å². The summed E-state index contributed by atoms with van der Waals surface area (Å²) >= 11 is 5.79. The Balaban J connectivity index is 1.74. The lowest BCUT2D eigenvalue weighted by Crippen LogP contribution is -2.20. The lowest BCUT2D eigenvalue weighted by molar-refractivity contribution is 0.262. The molecular weight excluding hydrogens is 276 g/mol. The van der Waals surface area contributed by atoms with Crippen molar-refractivity contribution in [2.75, 3.05) is 10.6 Å². The zero-order valence-corrected chi connectivity index (χ0v) is 11.1. The van der Waals surface area contributed by atoms with Crippen LogP contribution in [0.25, 0.3) is 5.52 Å². The fourth-order valence-corrected chi connectivity index (χ4v) is 1.96. The Hall–Kier alpha value is -2.53. The van der Waals surface area contributed by atoms with Crippen LogP contribution in [-0.4, -0.2) is 15.4 Å². The average Bonchev–Trinajstić information content (AvgIpc) is 2.85. The van der Waals surface area contributed by atoms with Crippen LogP contribution >= 0.6 is 11.6 Å². The van der Waals surface area contributed by atoms with Crippen LogP contribution in [0.3, 0.4) is 0 Å². The quantitative estimate of drug-likeness (QED) is 0.756. The van der Waals surface area contributed by atoms with Gasteiger partial charge in [-0.15, -0.1) is 0 Å². The van der Waals surface area contributed by atoms with Crippen molar-refractivity contribution < 1.29 is 4.79 Å². The van der Waals surface area contributed by atoms with Crippen molar-refractivity contribution in [2.24, 2.45) is 0 Å². The van der Waals surface area contributed by atoms with Gasteiger partial charge in [0.25, 0.3) is 0 Å². The van der Waals surface area contributed by atoms with Gasteiger partial charge in [-0.2, -0.15) is 0 Å². The highest BCUT2D eigenvalue weighted by molar-refractivity contribution is 6.30. The molecule has 0 aliphatic rings. The highest BCUT2D eigenvalue weighted by Gasteiger charge is 2.07. The summed E-state index contributed by atoms with van der Waals surface area (Å²) in [6, 6.07) is 12.2. The van der Waals surface area contributed by atoms with Crippen molar-refractivity contribution in [1.82, 2.24) is 9.38 Å². The summed E-state index contributed by atoms with van der Waals surface area (Å²) in [4.78, 5) is 16.1. The fraction of sp³-hybridized carbons (Fsp3) is 0. The van der Waals surface area contributed by atoms with Gasteiger partial charge in [0.05, 0.1) is 11.7 Å². The summed E-state index contributed by atoms with van der Waals surface area (Å²) in [5, 5.41) is 6.03. The third-order valence-corrected chi connectivity index (χ3v) is 3.02. The third-order valence-electron chi connectivity index (χ3n) is 2.77. The van der Waals surface area contributed by atoms with Gasteiger partial charge in [0.2, 0.25) is 5.95 Å². The number of carbonyl (C=O) groups excluding carboxylic acids is 1. The maximum absolute atomic E-state index is 11.9. The van der Waals surface area contributed by atoms with E-state index in [1.54, 1.807) is 34.9 Å². The average molecular weight is 287 g/mol. The molecule has 0 spiro atoms. The van der Waals surface area contributed by atoms with Gasteiger partial charge in [0.1, 0.15) is 0 Å². The van der Waals surface area contributed by atoms with Crippen molar-refractivity contribution in [3.63, 3.8) is 0 Å². The Bertz CT molecular complexity index is 751. The number of benzene rings is 1. The molecule has 0 fully saturated rings. The molecule has 0 radical (unpaired) electrons. The molecule has 5 nitrogen and oxygen atoms in total. The van der Waals surface area contributed by atoms with Gasteiger partial charge in [0.15, 0.2) is 0 Å². The number of nitrogens with one attached hydrogen (secondary N) is 2. The van der Waals surface area contributed by atoms with Crippen LogP contribution < -0.4 is 10.6 Å². The number of halogens is 1. The van der Waals surface area contributed by atoms with Crippen molar-refractivity contribution >= 4 is 34.8 Å². The number of imidazole rings is 1. The first kappa shape index (κ1) is 12.5. The number of anilines is 2. The Morgan fingerprint density at radius 2 is 1.90 bits per heavy atom. The molecule has 100 valence electrons. The number of hydrogen-bond acceptors (Lipinski definition) is 2. The second-order valence-electron chi connectivity index (χ2n) is 4.16. The molecule has 0 saturated heterocycles. The summed E-state index contributed by atoms with van der Waals surface area (Å²) in [6.45, 7) is 0. The number of aromatic nitrogens is 2. The standard InChI is InChI=1S/C14H11ClN4O/c15-10-4-6-11(7-5-10)17-14(20)18-13-16-9-12-3-1-2-8-19(12)13/h1-9H,(H2,16,17,18,20). The molecule has 2 aromatic heterocycles. The fourth-order valence-electron chi connectivity index (χ4n) is 1.83. The van der Waals surface area contributed by atoms with Gasteiger partial charge in [-0.1, -0.05) is 17.7 Å². The molecule has 2 amide bonds. The summed E-state index contributed by atoms with van der Waals surface area (Å²) in [5.41, 5.74) is 1.57. The maximum atomic E-state index is 11.9. The normalized spacial score (nSPS) is 10.4. The maximum Gasteiger partial charge on any atom is 0.326 e. The van der Waals surface area contributed by atoms with E-state index < -0.39 is 0 Å². The highest BCUT2D eigenvalue weighted by atomic mass is 35.5. The van der Waals surface area contributed by atoms with Crippen LogP contribution in [0, 0.1) is 0 Å². The minimum absolute atomic E-state index is 0.358. The Morgan fingerprint density at radius 3 is 2.70 bits per heavy atom. The molecule has 20 heavy (non-hydrogen) atoms. The smallest absolute Gasteiger partial charge is 0.308 e. The third kappa shape index (κ3) is 2.57. The predicted molar refractivity (Wildman–Crippen MR) is 79.3 cm³/mol. The van der Waals surface area contributed by atoms with E-state index in [1.165, 1.54) is 0 Å². The second-order valence-corrected chi connectivity index (χ2v) is 4.60. The van der Waals surface area contributed by atoms with Crippen molar-refractivity contribution in [3.05, 3.63) is 59.9 Å².